The average Bonchev–Trinajstić information content (AvgIpc) is 2.54. The molecule has 2 rings (SSSR count). The van der Waals surface area contributed by atoms with Gasteiger partial charge in [-0.1, -0.05) is 12.1 Å². The average molecular weight is 287 g/mol. The van der Waals surface area contributed by atoms with Crippen LogP contribution in [-0.4, -0.2) is 21.3 Å². The van der Waals surface area contributed by atoms with E-state index < -0.39 is 0 Å². The van der Waals surface area contributed by atoms with E-state index in [1.165, 1.54) is 5.56 Å². The first-order chi connectivity index (χ1) is 10.2. The number of rotatable bonds is 6. The minimum absolute atomic E-state index is 0.160. The summed E-state index contributed by atoms with van der Waals surface area (Å²) in [6, 6.07) is 13.9. The summed E-state index contributed by atoms with van der Waals surface area (Å²) in [5.74, 6) is 2.38. The maximum atomic E-state index is 5.28. The molecule has 0 bridgehead atoms. The van der Waals surface area contributed by atoms with Crippen molar-refractivity contribution in [2.24, 2.45) is 0 Å². The Balaban J connectivity index is 2.15. The SMILES string of the molecule is COc1ccc(C(C)Nc2cc(OC)cc(OC)c2)cc1. The predicted octanol–water partition coefficient (Wildman–Crippen LogP) is 3.89. The van der Waals surface area contributed by atoms with Gasteiger partial charge in [0.2, 0.25) is 0 Å². The molecule has 0 amide bonds. The van der Waals surface area contributed by atoms with E-state index >= 15 is 0 Å². The first kappa shape index (κ1) is 15.0. The summed E-state index contributed by atoms with van der Waals surface area (Å²) in [4.78, 5) is 0. The third-order valence-corrected chi connectivity index (χ3v) is 3.35. The number of ether oxygens (including phenoxy) is 3. The van der Waals surface area contributed by atoms with Gasteiger partial charge in [-0.15, -0.1) is 0 Å². The van der Waals surface area contributed by atoms with E-state index in [9.17, 15) is 0 Å². The zero-order valence-corrected chi connectivity index (χ0v) is 12.8. The molecule has 0 fully saturated rings. The van der Waals surface area contributed by atoms with Crippen LogP contribution in [0.15, 0.2) is 42.5 Å². The van der Waals surface area contributed by atoms with Gasteiger partial charge in [-0.25, -0.2) is 0 Å². The Morgan fingerprint density at radius 2 is 1.29 bits per heavy atom. The molecule has 0 aliphatic carbocycles. The Hall–Kier alpha value is -2.36. The quantitative estimate of drug-likeness (QED) is 0.875. The molecule has 0 spiro atoms. The molecule has 4 heteroatoms. The molecule has 21 heavy (non-hydrogen) atoms. The van der Waals surface area contributed by atoms with Gasteiger partial charge in [-0.2, -0.15) is 0 Å². The summed E-state index contributed by atoms with van der Waals surface area (Å²) in [5, 5.41) is 3.44. The largest absolute Gasteiger partial charge is 0.497 e. The highest BCUT2D eigenvalue weighted by atomic mass is 16.5. The summed E-state index contributed by atoms with van der Waals surface area (Å²) in [6.45, 7) is 2.10. The standard InChI is InChI=1S/C17H21NO3/c1-12(13-5-7-15(19-2)8-6-13)18-14-9-16(20-3)11-17(10-14)21-4/h5-12,18H,1-4H3. The molecule has 0 saturated carbocycles. The van der Waals surface area contributed by atoms with Crippen LogP contribution in [0.25, 0.3) is 0 Å². The fourth-order valence-electron chi connectivity index (χ4n) is 2.12. The van der Waals surface area contributed by atoms with E-state index in [1.807, 2.05) is 42.5 Å². The van der Waals surface area contributed by atoms with Crippen LogP contribution in [0.3, 0.4) is 0 Å². The molecule has 4 nitrogen and oxygen atoms in total. The second kappa shape index (κ2) is 6.88. The maximum absolute atomic E-state index is 5.28. The van der Waals surface area contributed by atoms with Gasteiger partial charge in [0.05, 0.1) is 21.3 Å². The van der Waals surface area contributed by atoms with Crippen molar-refractivity contribution in [2.45, 2.75) is 13.0 Å². The fourth-order valence-corrected chi connectivity index (χ4v) is 2.12. The molecule has 0 heterocycles. The molecular formula is C17H21NO3. The Kier molecular flexibility index (Phi) is 4.93. The lowest BCUT2D eigenvalue weighted by Gasteiger charge is -2.17. The molecule has 1 N–H and O–H groups in total. The van der Waals surface area contributed by atoms with Crippen molar-refractivity contribution in [3.8, 4) is 17.2 Å². The van der Waals surface area contributed by atoms with E-state index in [4.69, 9.17) is 14.2 Å². The Morgan fingerprint density at radius 1 is 0.762 bits per heavy atom. The maximum Gasteiger partial charge on any atom is 0.124 e. The third kappa shape index (κ3) is 3.81. The Morgan fingerprint density at radius 3 is 1.76 bits per heavy atom. The minimum atomic E-state index is 0.160. The van der Waals surface area contributed by atoms with E-state index in [1.54, 1.807) is 21.3 Å². The van der Waals surface area contributed by atoms with Gasteiger partial charge in [0.15, 0.2) is 0 Å². The summed E-state index contributed by atoms with van der Waals surface area (Å²) in [6.07, 6.45) is 0. The fraction of sp³-hybridized carbons (Fsp3) is 0.294. The molecule has 0 radical (unpaired) electrons. The van der Waals surface area contributed by atoms with Gasteiger partial charge >= 0.3 is 0 Å². The number of hydrogen-bond donors (Lipinski definition) is 1. The van der Waals surface area contributed by atoms with Crippen molar-refractivity contribution in [3.63, 3.8) is 0 Å². The first-order valence-corrected chi connectivity index (χ1v) is 6.80. The second-order valence-corrected chi connectivity index (χ2v) is 4.74. The molecule has 0 aliphatic heterocycles. The first-order valence-electron chi connectivity index (χ1n) is 6.80. The van der Waals surface area contributed by atoms with Crippen molar-refractivity contribution in [3.05, 3.63) is 48.0 Å². The van der Waals surface area contributed by atoms with E-state index in [2.05, 4.69) is 12.2 Å². The molecular weight excluding hydrogens is 266 g/mol. The Bertz CT molecular complexity index is 559. The Labute approximate surface area is 125 Å². The molecule has 1 unspecified atom stereocenters. The van der Waals surface area contributed by atoms with Crippen LogP contribution in [0.5, 0.6) is 17.2 Å². The van der Waals surface area contributed by atoms with Crippen LogP contribution in [0.2, 0.25) is 0 Å². The number of anilines is 1. The molecule has 0 aromatic heterocycles. The number of hydrogen-bond acceptors (Lipinski definition) is 4. The van der Waals surface area contributed by atoms with Crippen molar-refractivity contribution >= 4 is 5.69 Å². The smallest absolute Gasteiger partial charge is 0.124 e. The highest BCUT2D eigenvalue weighted by Gasteiger charge is 2.08. The normalized spacial score (nSPS) is 11.6. The summed E-state index contributed by atoms with van der Waals surface area (Å²) < 4.78 is 15.7. The van der Waals surface area contributed by atoms with Gasteiger partial charge in [0, 0.05) is 29.9 Å². The van der Waals surface area contributed by atoms with Gasteiger partial charge in [-0.05, 0) is 24.6 Å². The second-order valence-electron chi connectivity index (χ2n) is 4.74. The molecule has 1 atom stereocenters. The van der Waals surface area contributed by atoms with Crippen LogP contribution in [-0.2, 0) is 0 Å². The van der Waals surface area contributed by atoms with Gasteiger partial charge < -0.3 is 19.5 Å². The van der Waals surface area contributed by atoms with Gasteiger partial charge in [0.25, 0.3) is 0 Å². The zero-order valence-electron chi connectivity index (χ0n) is 12.8. The van der Waals surface area contributed by atoms with Crippen LogP contribution in [0.1, 0.15) is 18.5 Å². The highest BCUT2D eigenvalue weighted by Crippen LogP contribution is 2.28. The highest BCUT2D eigenvalue weighted by molar-refractivity contribution is 5.55. The van der Waals surface area contributed by atoms with Crippen LogP contribution < -0.4 is 19.5 Å². The van der Waals surface area contributed by atoms with Crippen molar-refractivity contribution in [1.29, 1.82) is 0 Å². The zero-order chi connectivity index (χ0) is 15.2. The van der Waals surface area contributed by atoms with E-state index in [0.29, 0.717) is 0 Å². The van der Waals surface area contributed by atoms with E-state index in [0.717, 1.165) is 22.9 Å². The van der Waals surface area contributed by atoms with Crippen molar-refractivity contribution in [2.75, 3.05) is 26.6 Å². The van der Waals surface area contributed by atoms with Crippen LogP contribution in [0, 0.1) is 0 Å². The molecule has 0 aliphatic rings. The van der Waals surface area contributed by atoms with E-state index in [-0.39, 0.29) is 6.04 Å². The third-order valence-electron chi connectivity index (χ3n) is 3.35. The molecule has 2 aromatic rings. The summed E-state index contributed by atoms with van der Waals surface area (Å²) in [7, 11) is 4.95. The van der Waals surface area contributed by atoms with Gasteiger partial charge in [0.1, 0.15) is 17.2 Å². The molecule has 2 aromatic carbocycles. The molecule has 0 saturated heterocycles. The number of nitrogens with one attached hydrogen (secondary N) is 1. The lowest BCUT2D eigenvalue weighted by molar-refractivity contribution is 0.394. The van der Waals surface area contributed by atoms with Crippen LogP contribution in [0.4, 0.5) is 5.69 Å². The minimum Gasteiger partial charge on any atom is -0.497 e. The number of benzene rings is 2. The number of methoxy groups -OCH3 is 3. The lowest BCUT2D eigenvalue weighted by Crippen LogP contribution is -2.06. The summed E-state index contributed by atoms with van der Waals surface area (Å²) in [5.41, 5.74) is 2.13. The summed E-state index contributed by atoms with van der Waals surface area (Å²) >= 11 is 0. The monoisotopic (exact) mass is 287 g/mol. The molecule has 112 valence electrons. The van der Waals surface area contributed by atoms with Crippen molar-refractivity contribution < 1.29 is 14.2 Å². The lowest BCUT2D eigenvalue weighted by atomic mass is 10.1. The van der Waals surface area contributed by atoms with Gasteiger partial charge in [-0.3, -0.25) is 0 Å². The topological polar surface area (TPSA) is 39.7 Å². The predicted molar refractivity (Wildman–Crippen MR) is 84.6 cm³/mol. The van der Waals surface area contributed by atoms with Crippen molar-refractivity contribution in [1.82, 2.24) is 0 Å². The van der Waals surface area contributed by atoms with Crippen LogP contribution >= 0.6 is 0 Å².